The number of methoxy groups -OCH3 is 1. The van der Waals surface area contributed by atoms with E-state index in [1.165, 1.54) is 7.11 Å². The second kappa shape index (κ2) is 5.99. The number of hydrogen-bond donors (Lipinski definition) is 1. The minimum atomic E-state index is -0.115. The highest BCUT2D eigenvalue weighted by atomic mass is 16.5. The van der Waals surface area contributed by atoms with Gasteiger partial charge in [0.2, 0.25) is 5.88 Å². The summed E-state index contributed by atoms with van der Waals surface area (Å²) < 4.78 is 10.8. The van der Waals surface area contributed by atoms with Crippen LogP contribution in [-0.4, -0.2) is 54.7 Å². The van der Waals surface area contributed by atoms with E-state index in [0.29, 0.717) is 31.1 Å². The SMILES string of the molecule is COc1ncccc1C(=O)N1CC(C)OC(CN)C1. The normalized spacial score (nSPS) is 23.2. The molecule has 6 nitrogen and oxygen atoms in total. The Balaban J connectivity index is 2.18. The number of hydrogen-bond acceptors (Lipinski definition) is 5. The molecule has 1 aromatic heterocycles. The topological polar surface area (TPSA) is 77.7 Å². The average molecular weight is 265 g/mol. The van der Waals surface area contributed by atoms with Crippen molar-refractivity contribution in [2.45, 2.75) is 19.1 Å². The molecule has 0 bridgehead atoms. The molecule has 19 heavy (non-hydrogen) atoms. The van der Waals surface area contributed by atoms with Gasteiger partial charge in [0.25, 0.3) is 5.91 Å². The Morgan fingerprint density at radius 1 is 1.63 bits per heavy atom. The molecular formula is C13H19N3O3. The molecule has 2 rings (SSSR count). The number of amides is 1. The second-order valence-electron chi connectivity index (χ2n) is 4.57. The smallest absolute Gasteiger partial charge is 0.259 e. The molecular weight excluding hydrogens is 246 g/mol. The van der Waals surface area contributed by atoms with Gasteiger partial charge in [0, 0.05) is 25.8 Å². The lowest BCUT2D eigenvalue weighted by Gasteiger charge is -2.36. The summed E-state index contributed by atoms with van der Waals surface area (Å²) in [6.45, 7) is 3.38. The van der Waals surface area contributed by atoms with Gasteiger partial charge in [-0.2, -0.15) is 0 Å². The molecule has 1 fully saturated rings. The molecule has 0 aliphatic carbocycles. The summed E-state index contributed by atoms with van der Waals surface area (Å²) in [5.41, 5.74) is 6.09. The van der Waals surface area contributed by atoms with E-state index in [2.05, 4.69) is 4.98 Å². The number of carbonyl (C=O) groups excluding carboxylic acids is 1. The lowest BCUT2D eigenvalue weighted by molar-refractivity contribution is -0.0626. The molecule has 2 N–H and O–H groups in total. The lowest BCUT2D eigenvalue weighted by Crippen LogP contribution is -2.51. The van der Waals surface area contributed by atoms with Gasteiger partial charge >= 0.3 is 0 Å². The molecule has 6 heteroatoms. The molecule has 0 aromatic carbocycles. The van der Waals surface area contributed by atoms with E-state index in [4.69, 9.17) is 15.2 Å². The predicted octanol–water partition coefficient (Wildman–Crippen LogP) is 0.278. The summed E-state index contributed by atoms with van der Waals surface area (Å²) in [6, 6.07) is 3.44. The number of rotatable bonds is 3. The first-order valence-electron chi connectivity index (χ1n) is 6.29. The highest BCUT2D eigenvalue weighted by Crippen LogP contribution is 2.19. The summed E-state index contributed by atoms with van der Waals surface area (Å²) in [5.74, 6) is 0.245. The quantitative estimate of drug-likeness (QED) is 0.849. The van der Waals surface area contributed by atoms with Crippen LogP contribution in [0, 0.1) is 0 Å². The minimum absolute atomic E-state index is 0.0195. The first-order chi connectivity index (χ1) is 9.15. The molecule has 1 amide bonds. The Morgan fingerprint density at radius 2 is 2.42 bits per heavy atom. The van der Waals surface area contributed by atoms with E-state index >= 15 is 0 Å². The fourth-order valence-electron chi connectivity index (χ4n) is 2.23. The Kier molecular flexibility index (Phi) is 4.34. The molecule has 104 valence electrons. The van der Waals surface area contributed by atoms with Crippen molar-refractivity contribution in [1.29, 1.82) is 0 Å². The molecule has 2 atom stereocenters. The van der Waals surface area contributed by atoms with Crippen molar-refractivity contribution in [1.82, 2.24) is 9.88 Å². The van der Waals surface area contributed by atoms with Crippen molar-refractivity contribution in [3.8, 4) is 5.88 Å². The molecule has 2 heterocycles. The Bertz CT molecular complexity index is 453. The maximum Gasteiger partial charge on any atom is 0.259 e. The number of carbonyl (C=O) groups is 1. The summed E-state index contributed by atoms with van der Waals surface area (Å²) in [6.07, 6.45) is 1.46. The third kappa shape index (κ3) is 3.02. The van der Waals surface area contributed by atoms with Gasteiger partial charge in [0.15, 0.2) is 0 Å². The third-order valence-corrected chi connectivity index (χ3v) is 3.07. The highest BCUT2D eigenvalue weighted by Gasteiger charge is 2.29. The zero-order valence-electron chi connectivity index (χ0n) is 11.2. The monoisotopic (exact) mass is 265 g/mol. The standard InChI is InChI=1S/C13H19N3O3/c1-9-7-16(8-10(6-14)19-9)13(17)11-4-3-5-15-12(11)18-2/h3-5,9-10H,6-8,14H2,1-2H3. The summed E-state index contributed by atoms with van der Waals surface area (Å²) in [5, 5.41) is 0. The van der Waals surface area contributed by atoms with Gasteiger partial charge in [-0.1, -0.05) is 0 Å². The molecule has 0 spiro atoms. The maximum atomic E-state index is 12.5. The van der Waals surface area contributed by atoms with Crippen molar-refractivity contribution < 1.29 is 14.3 Å². The van der Waals surface area contributed by atoms with E-state index in [1.54, 1.807) is 23.2 Å². The molecule has 1 aliphatic heterocycles. The molecule has 1 aliphatic rings. The van der Waals surface area contributed by atoms with Crippen LogP contribution in [0.3, 0.4) is 0 Å². The van der Waals surface area contributed by atoms with E-state index < -0.39 is 0 Å². The van der Waals surface area contributed by atoms with Crippen molar-refractivity contribution in [3.05, 3.63) is 23.9 Å². The van der Waals surface area contributed by atoms with Gasteiger partial charge in [-0.05, 0) is 19.1 Å². The van der Waals surface area contributed by atoms with E-state index in [-0.39, 0.29) is 18.1 Å². The van der Waals surface area contributed by atoms with E-state index in [0.717, 1.165) is 0 Å². The van der Waals surface area contributed by atoms with Crippen molar-refractivity contribution in [3.63, 3.8) is 0 Å². The fourth-order valence-corrected chi connectivity index (χ4v) is 2.23. The fraction of sp³-hybridized carbons (Fsp3) is 0.538. The number of morpholine rings is 1. The zero-order chi connectivity index (χ0) is 13.8. The summed E-state index contributed by atoms with van der Waals surface area (Å²) >= 11 is 0. The molecule has 1 saturated heterocycles. The zero-order valence-corrected chi connectivity index (χ0v) is 11.2. The minimum Gasteiger partial charge on any atom is -0.480 e. The van der Waals surface area contributed by atoms with Gasteiger partial charge in [-0.3, -0.25) is 4.79 Å². The van der Waals surface area contributed by atoms with Crippen LogP contribution in [0.2, 0.25) is 0 Å². The van der Waals surface area contributed by atoms with E-state index in [1.807, 2.05) is 6.92 Å². The van der Waals surface area contributed by atoms with Crippen LogP contribution in [-0.2, 0) is 4.74 Å². The number of nitrogens with two attached hydrogens (primary N) is 1. The Hall–Kier alpha value is -1.66. The Labute approximate surface area is 112 Å². The van der Waals surface area contributed by atoms with Crippen LogP contribution in [0.5, 0.6) is 5.88 Å². The molecule has 0 radical (unpaired) electrons. The highest BCUT2D eigenvalue weighted by molar-refractivity contribution is 5.96. The van der Waals surface area contributed by atoms with Crippen LogP contribution in [0.15, 0.2) is 18.3 Å². The summed E-state index contributed by atoms with van der Waals surface area (Å²) in [4.78, 5) is 18.3. The second-order valence-corrected chi connectivity index (χ2v) is 4.57. The maximum absolute atomic E-state index is 12.5. The molecule has 1 aromatic rings. The van der Waals surface area contributed by atoms with Crippen LogP contribution >= 0.6 is 0 Å². The lowest BCUT2D eigenvalue weighted by atomic mass is 10.1. The van der Waals surface area contributed by atoms with E-state index in [9.17, 15) is 4.79 Å². The van der Waals surface area contributed by atoms with Crippen LogP contribution < -0.4 is 10.5 Å². The van der Waals surface area contributed by atoms with Gasteiger partial charge < -0.3 is 20.1 Å². The van der Waals surface area contributed by atoms with Crippen LogP contribution in [0.25, 0.3) is 0 Å². The number of pyridine rings is 1. The summed E-state index contributed by atoms with van der Waals surface area (Å²) in [7, 11) is 1.50. The van der Waals surface area contributed by atoms with Gasteiger partial charge in [0.1, 0.15) is 5.56 Å². The van der Waals surface area contributed by atoms with Gasteiger partial charge in [-0.25, -0.2) is 4.98 Å². The van der Waals surface area contributed by atoms with Gasteiger partial charge in [-0.15, -0.1) is 0 Å². The van der Waals surface area contributed by atoms with Crippen LogP contribution in [0.1, 0.15) is 17.3 Å². The van der Waals surface area contributed by atoms with Crippen molar-refractivity contribution in [2.24, 2.45) is 5.73 Å². The molecule has 0 saturated carbocycles. The predicted molar refractivity (Wildman–Crippen MR) is 70.1 cm³/mol. The number of aromatic nitrogens is 1. The number of nitrogens with zero attached hydrogens (tertiary/aromatic N) is 2. The van der Waals surface area contributed by atoms with Crippen molar-refractivity contribution in [2.75, 3.05) is 26.7 Å². The largest absolute Gasteiger partial charge is 0.480 e. The average Bonchev–Trinajstić information content (AvgIpc) is 2.45. The Morgan fingerprint density at radius 3 is 3.11 bits per heavy atom. The van der Waals surface area contributed by atoms with Crippen molar-refractivity contribution >= 4 is 5.91 Å². The first-order valence-corrected chi connectivity index (χ1v) is 6.29. The first kappa shape index (κ1) is 13.8. The van der Waals surface area contributed by atoms with Crippen LogP contribution in [0.4, 0.5) is 0 Å². The number of ether oxygens (including phenoxy) is 2. The van der Waals surface area contributed by atoms with Gasteiger partial charge in [0.05, 0.1) is 19.3 Å². The third-order valence-electron chi connectivity index (χ3n) is 3.07. The molecule has 2 unspecified atom stereocenters.